The van der Waals surface area contributed by atoms with E-state index < -0.39 is 5.97 Å². The molecule has 0 aromatic heterocycles. The number of nitrogens with two attached hydrogens (primary N) is 1. The fourth-order valence-corrected chi connectivity index (χ4v) is 4.62. The number of piperazine rings is 2. The van der Waals surface area contributed by atoms with Gasteiger partial charge in [0.15, 0.2) is 0 Å². The summed E-state index contributed by atoms with van der Waals surface area (Å²) in [5.74, 6) is 2.90. The van der Waals surface area contributed by atoms with Crippen LogP contribution < -0.4 is 35.4 Å². The van der Waals surface area contributed by atoms with Crippen LogP contribution in [-0.4, -0.2) is 115 Å². The Morgan fingerprint density at radius 1 is 0.805 bits per heavy atom. The number of esters is 1. The first-order chi connectivity index (χ1) is 19.1. The molecule has 41 heavy (non-hydrogen) atoms. The number of carboxylic acids is 1. The van der Waals surface area contributed by atoms with Gasteiger partial charge in [-0.1, -0.05) is 12.1 Å². The van der Waals surface area contributed by atoms with E-state index in [1.54, 1.807) is 12.1 Å². The van der Waals surface area contributed by atoms with Gasteiger partial charge in [-0.25, -0.2) is 9.59 Å². The van der Waals surface area contributed by atoms with Crippen LogP contribution in [0.4, 0.5) is 0 Å². The number of benzene rings is 2. The van der Waals surface area contributed by atoms with Gasteiger partial charge in [0.2, 0.25) is 0 Å². The Labute approximate surface area is 266 Å². The topological polar surface area (TPSA) is 137 Å². The zero-order chi connectivity index (χ0) is 29.7. The third kappa shape index (κ3) is 12.9. The van der Waals surface area contributed by atoms with Crippen molar-refractivity contribution in [2.45, 2.75) is 26.9 Å². The van der Waals surface area contributed by atoms with Crippen molar-refractivity contribution >= 4 is 11.9 Å². The monoisotopic (exact) mass is 580 g/mol. The van der Waals surface area contributed by atoms with Crippen molar-refractivity contribution in [3.63, 3.8) is 0 Å². The van der Waals surface area contributed by atoms with Gasteiger partial charge in [-0.15, -0.1) is 0 Å². The first-order valence-electron chi connectivity index (χ1n) is 13.4. The number of likely N-dealkylation sites (N-methyl/N-ethyl adjacent to an activating group) is 2. The molecule has 0 saturated carbocycles. The minimum atomic E-state index is -0.857. The van der Waals surface area contributed by atoms with Crippen LogP contribution in [0, 0.1) is 13.8 Å². The van der Waals surface area contributed by atoms with Crippen molar-refractivity contribution in [3.8, 4) is 0 Å². The summed E-state index contributed by atoms with van der Waals surface area (Å²) in [6.45, 7) is 14.7. The average Bonchev–Trinajstić information content (AvgIpc) is 2.93. The number of aryl methyl sites for hydroxylation is 2. The van der Waals surface area contributed by atoms with Gasteiger partial charge in [-0.05, 0) is 74.5 Å². The van der Waals surface area contributed by atoms with Crippen LogP contribution in [0.5, 0.6) is 0 Å². The van der Waals surface area contributed by atoms with Crippen LogP contribution in [0.1, 0.15) is 43.0 Å². The molecule has 4 N–H and O–H groups in total. The average molecular weight is 581 g/mol. The number of ether oxygens (including phenoxy) is 1. The molecule has 222 valence electrons. The number of carbonyl (C=O) groups excluding carboxylic acids is 1. The molecule has 2 aromatic rings. The quantitative estimate of drug-likeness (QED) is 0.179. The number of aromatic carboxylic acids is 1. The van der Waals surface area contributed by atoms with E-state index in [0.29, 0.717) is 11.1 Å². The van der Waals surface area contributed by atoms with Crippen molar-refractivity contribution in [3.05, 3.63) is 75.4 Å². The molecule has 2 heterocycles. The predicted octanol–water partition coefficient (Wildman–Crippen LogP) is -0.403. The molecule has 0 unspecified atom stereocenters. The molecular formula is C29H45N6NaO5. The third-order valence-corrected chi connectivity index (χ3v) is 7.33. The van der Waals surface area contributed by atoms with E-state index in [-0.39, 0.29) is 35.5 Å². The van der Waals surface area contributed by atoms with E-state index in [0.717, 1.165) is 76.6 Å². The summed E-state index contributed by atoms with van der Waals surface area (Å²) < 4.78 is 4.74. The van der Waals surface area contributed by atoms with E-state index in [1.165, 1.54) is 18.2 Å². The van der Waals surface area contributed by atoms with E-state index >= 15 is 0 Å². The van der Waals surface area contributed by atoms with Crippen LogP contribution in [0.2, 0.25) is 0 Å². The molecule has 2 fully saturated rings. The van der Waals surface area contributed by atoms with Crippen LogP contribution >= 0.6 is 0 Å². The van der Waals surface area contributed by atoms with Crippen molar-refractivity contribution in [2.24, 2.45) is 5.84 Å². The molecule has 4 rings (SSSR count). The number of methoxy groups -OCH3 is 1. The van der Waals surface area contributed by atoms with Gasteiger partial charge in [0.1, 0.15) is 0 Å². The van der Waals surface area contributed by atoms with Gasteiger partial charge >= 0.3 is 41.5 Å². The maximum absolute atomic E-state index is 11.5. The molecular weight excluding hydrogens is 535 g/mol. The smallest absolute Gasteiger partial charge is 0.488 e. The summed E-state index contributed by atoms with van der Waals surface area (Å²) in [5, 5.41) is 15.9. The normalized spacial score (nSPS) is 16.4. The third-order valence-electron chi connectivity index (χ3n) is 7.33. The standard InChI is InChI=1S/C15H22N2O2.C14H20N2O2.H3N2O.Na/c1-12-10-13(15(18)19-3)4-5-14(12)11-17-8-6-16(2)7-9-17;1-11-9-12(14(17)18)3-4-13(11)10-16-7-5-15(2)6-8-16;1-2-3;/h4-5,10H,6-9,11H2,1-3H3;3-4,9H,5-8,10H2,1-2H3,(H,17,18);3H,1H2;/q;;-1;+1. The Bertz CT molecular complexity index is 1090. The van der Waals surface area contributed by atoms with Crippen molar-refractivity contribution in [1.29, 1.82) is 0 Å². The summed E-state index contributed by atoms with van der Waals surface area (Å²) in [7, 11) is 5.72. The molecule has 11 nitrogen and oxygen atoms in total. The second-order valence-corrected chi connectivity index (χ2v) is 10.4. The fourth-order valence-electron chi connectivity index (χ4n) is 4.62. The first kappa shape index (κ1) is 37.1. The predicted molar refractivity (Wildman–Crippen MR) is 156 cm³/mol. The number of hydrogen-bond donors (Lipinski definition) is 3. The van der Waals surface area contributed by atoms with Gasteiger partial charge in [0, 0.05) is 65.4 Å². The molecule has 2 aromatic carbocycles. The minimum absolute atomic E-state index is 0. The van der Waals surface area contributed by atoms with E-state index in [9.17, 15) is 9.59 Å². The summed E-state index contributed by atoms with van der Waals surface area (Å²) in [6.07, 6.45) is 0. The van der Waals surface area contributed by atoms with E-state index in [1.807, 2.05) is 36.8 Å². The Balaban J connectivity index is 0.000000367. The van der Waals surface area contributed by atoms with Crippen LogP contribution in [-0.2, 0) is 17.8 Å². The van der Waals surface area contributed by atoms with Crippen molar-refractivity contribution < 1.29 is 54.2 Å². The summed E-state index contributed by atoms with van der Waals surface area (Å²) in [5.41, 5.74) is 7.73. The maximum Gasteiger partial charge on any atom is 1.00 e. The van der Waals surface area contributed by atoms with E-state index in [4.69, 9.17) is 15.1 Å². The molecule has 12 heteroatoms. The first-order valence-corrected chi connectivity index (χ1v) is 13.4. The van der Waals surface area contributed by atoms with E-state index in [2.05, 4.69) is 46.5 Å². The Hall–Kier alpha value is -1.90. The number of hydrogen-bond acceptors (Lipinski definition) is 9. The maximum atomic E-state index is 11.5. The fraction of sp³-hybridized carbons (Fsp3) is 0.517. The van der Waals surface area contributed by atoms with Crippen molar-refractivity contribution in [2.75, 3.05) is 73.6 Å². The zero-order valence-corrected chi connectivity index (χ0v) is 27.5. The number of rotatable bonds is 6. The van der Waals surface area contributed by atoms with Gasteiger partial charge in [0.25, 0.3) is 0 Å². The largest absolute Gasteiger partial charge is 1.00 e. The van der Waals surface area contributed by atoms with Crippen molar-refractivity contribution in [1.82, 2.24) is 19.6 Å². The number of nitrogens with zero attached hydrogens (tertiary/aromatic N) is 5. The summed E-state index contributed by atoms with van der Waals surface area (Å²) in [6, 6.07) is 11.2. The van der Waals surface area contributed by atoms with Crippen LogP contribution in [0.3, 0.4) is 0 Å². The Morgan fingerprint density at radius 2 is 1.17 bits per heavy atom. The van der Waals surface area contributed by atoms with Gasteiger partial charge in [-0.3, -0.25) is 9.80 Å². The molecule has 0 radical (unpaired) electrons. The Kier molecular flexibility index (Phi) is 17.5. The SMILES string of the molecule is COC(=O)c1ccc(CN2CCN(C)CC2)c(C)c1.Cc1cc(C(=O)O)ccc1CN1CCN(C)CC1.N[N-]O.[Na+]. The second kappa shape index (κ2) is 19.3. The molecule has 0 atom stereocenters. The zero-order valence-electron chi connectivity index (χ0n) is 25.5. The van der Waals surface area contributed by atoms with Gasteiger partial charge in [-0.2, -0.15) is 0 Å². The molecule has 2 aliphatic heterocycles. The van der Waals surface area contributed by atoms with Crippen LogP contribution in [0.25, 0.3) is 5.59 Å². The minimum Gasteiger partial charge on any atom is -0.488 e. The van der Waals surface area contributed by atoms with Crippen LogP contribution in [0.15, 0.2) is 36.4 Å². The Morgan fingerprint density at radius 3 is 1.51 bits per heavy atom. The van der Waals surface area contributed by atoms with Gasteiger partial charge < -0.3 is 36.3 Å². The summed E-state index contributed by atoms with van der Waals surface area (Å²) >= 11 is 0. The molecule has 0 spiro atoms. The molecule has 0 bridgehead atoms. The molecule has 2 aliphatic rings. The number of carboxylic acid groups (broad SMARTS) is 1. The number of carbonyl (C=O) groups is 2. The molecule has 2 saturated heterocycles. The molecule has 0 amide bonds. The van der Waals surface area contributed by atoms with Gasteiger partial charge in [0.05, 0.1) is 18.2 Å². The molecule has 0 aliphatic carbocycles. The summed E-state index contributed by atoms with van der Waals surface area (Å²) in [4.78, 5) is 31.9. The second-order valence-electron chi connectivity index (χ2n) is 10.4.